The van der Waals surface area contributed by atoms with Gasteiger partial charge in [0.05, 0.1) is 11.1 Å². The van der Waals surface area contributed by atoms with Gasteiger partial charge in [-0.3, -0.25) is 4.79 Å². The number of carboxylic acids is 1. The molecule has 0 saturated carbocycles. The molecule has 3 N–H and O–H groups in total. The summed E-state index contributed by atoms with van der Waals surface area (Å²) >= 11 is 0. The predicted molar refractivity (Wildman–Crippen MR) is 88.0 cm³/mol. The van der Waals surface area contributed by atoms with Crippen LogP contribution in [0.4, 0.5) is 26.3 Å². The Morgan fingerprint density at radius 3 is 2.19 bits per heavy atom. The van der Waals surface area contributed by atoms with Crippen molar-refractivity contribution in [1.82, 2.24) is 0 Å². The van der Waals surface area contributed by atoms with Crippen LogP contribution < -0.4 is 5.73 Å². The lowest BCUT2D eigenvalue weighted by Gasteiger charge is -2.25. The van der Waals surface area contributed by atoms with E-state index in [4.69, 9.17) is 10.8 Å². The minimum Gasteiger partial charge on any atom is -0.480 e. The van der Waals surface area contributed by atoms with Crippen molar-refractivity contribution in [2.45, 2.75) is 63.8 Å². The SMILES string of the molecule is CCC(CCCc1cccc(C(F)(F)F)c1C(F)(F)F)CC(C)(N)C(=O)O. The molecule has 0 aliphatic carbocycles. The molecular weight excluding hydrogens is 376 g/mol. The van der Waals surface area contributed by atoms with Gasteiger partial charge in [0.2, 0.25) is 0 Å². The summed E-state index contributed by atoms with van der Waals surface area (Å²) in [4.78, 5) is 11.1. The molecule has 0 heterocycles. The van der Waals surface area contributed by atoms with Gasteiger partial charge >= 0.3 is 18.3 Å². The van der Waals surface area contributed by atoms with Crippen LogP contribution in [0.2, 0.25) is 0 Å². The highest BCUT2D eigenvalue weighted by molar-refractivity contribution is 5.77. The highest BCUT2D eigenvalue weighted by Gasteiger charge is 2.44. The van der Waals surface area contributed by atoms with E-state index in [2.05, 4.69) is 0 Å². The third-order valence-corrected chi connectivity index (χ3v) is 4.58. The van der Waals surface area contributed by atoms with Crippen molar-refractivity contribution in [3.8, 4) is 0 Å². The van der Waals surface area contributed by atoms with Gasteiger partial charge < -0.3 is 10.8 Å². The van der Waals surface area contributed by atoms with Crippen LogP contribution in [0, 0.1) is 5.92 Å². The molecule has 1 aromatic rings. The molecule has 0 fully saturated rings. The Morgan fingerprint density at radius 1 is 1.15 bits per heavy atom. The van der Waals surface area contributed by atoms with Gasteiger partial charge in [0.25, 0.3) is 0 Å². The number of halogens is 6. The van der Waals surface area contributed by atoms with Crippen molar-refractivity contribution in [1.29, 1.82) is 0 Å². The molecule has 2 atom stereocenters. The predicted octanol–water partition coefficient (Wildman–Crippen LogP) is 5.27. The summed E-state index contributed by atoms with van der Waals surface area (Å²) in [5, 5.41) is 9.07. The van der Waals surface area contributed by atoms with E-state index in [1.807, 2.05) is 0 Å². The third-order valence-electron chi connectivity index (χ3n) is 4.58. The van der Waals surface area contributed by atoms with Gasteiger partial charge in [0.15, 0.2) is 0 Å². The van der Waals surface area contributed by atoms with Gasteiger partial charge in [-0.2, -0.15) is 26.3 Å². The lowest BCUT2D eigenvalue weighted by molar-refractivity contribution is -0.162. The molecule has 9 heteroatoms. The van der Waals surface area contributed by atoms with E-state index in [-0.39, 0.29) is 25.2 Å². The van der Waals surface area contributed by atoms with Crippen LogP contribution in [0.1, 0.15) is 56.2 Å². The number of aryl methyl sites for hydroxylation is 1. The fraction of sp³-hybridized carbons (Fsp3) is 0.611. The second-order valence-corrected chi connectivity index (χ2v) is 6.93. The first-order valence-electron chi connectivity index (χ1n) is 8.48. The van der Waals surface area contributed by atoms with Gasteiger partial charge in [-0.1, -0.05) is 31.9 Å². The summed E-state index contributed by atoms with van der Waals surface area (Å²) in [5.41, 5.74) is 0.467. The van der Waals surface area contributed by atoms with E-state index in [1.165, 1.54) is 6.92 Å². The van der Waals surface area contributed by atoms with Crippen LogP contribution in [0.3, 0.4) is 0 Å². The maximum atomic E-state index is 13.2. The minimum atomic E-state index is -5.12. The molecule has 0 aromatic heterocycles. The molecule has 0 radical (unpaired) electrons. The van der Waals surface area contributed by atoms with E-state index in [9.17, 15) is 31.1 Å². The largest absolute Gasteiger partial charge is 0.480 e. The monoisotopic (exact) mass is 399 g/mol. The van der Waals surface area contributed by atoms with Crippen molar-refractivity contribution in [2.24, 2.45) is 11.7 Å². The zero-order chi connectivity index (χ0) is 21.0. The molecule has 0 bridgehead atoms. The summed E-state index contributed by atoms with van der Waals surface area (Å²) in [6.07, 6.45) is -9.16. The van der Waals surface area contributed by atoms with Crippen molar-refractivity contribution >= 4 is 5.97 Å². The number of hydrogen-bond acceptors (Lipinski definition) is 2. The van der Waals surface area contributed by atoms with Crippen LogP contribution in [-0.2, 0) is 23.6 Å². The molecule has 2 unspecified atom stereocenters. The van der Waals surface area contributed by atoms with E-state index >= 15 is 0 Å². The fourth-order valence-corrected chi connectivity index (χ4v) is 3.10. The molecule has 3 nitrogen and oxygen atoms in total. The first-order chi connectivity index (χ1) is 12.2. The standard InChI is InChI=1S/C18H23F6NO2/c1-3-11(10-16(2,25)15(26)27)6-4-7-12-8-5-9-13(17(19,20)21)14(12)18(22,23)24/h5,8-9,11H,3-4,6-7,10,25H2,1-2H3,(H,26,27). The van der Waals surface area contributed by atoms with E-state index < -0.39 is 40.6 Å². The smallest absolute Gasteiger partial charge is 0.417 e. The molecule has 0 aliphatic heterocycles. The summed E-state index contributed by atoms with van der Waals surface area (Å²) in [6, 6.07) is 2.43. The van der Waals surface area contributed by atoms with E-state index in [0.717, 1.165) is 12.1 Å². The number of hydrogen-bond donors (Lipinski definition) is 2. The summed E-state index contributed by atoms with van der Waals surface area (Å²) in [7, 11) is 0. The topological polar surface area (TPSA) is 63.3 Å². The van der Waals surface area contributed by atoms with Crippen molar-refractivity contribution < 1.29 is 36.2 Å². The number of carbonyl (C=O) groups is 1. The Labute approximate surface area is 153 Å². The van der Waals surface area contributed by atoms with Crippen LogP contribution in [0.5, 0.6) is 0 Å². The first kappa shape index (κ1) is 23.3. The molecule has 0 saturated heterocycles. The van der Waals surface area contributed by atoms with Gasteiger partial charge in [0, 0.05) is 0 Å². The Morgan fingerprint density at radius 2 is 1.74 bits per heavy atom. The van der Waals surface area contributed by atoms with Crippen molar-refractivity contribution in [3.63, 3.8) is 0 Å². The second kappa shape index (κ2) is 8.50. The number of alkyl halides is 6. The number of nitrogens with two attached hydrogens (primary N) is 1. The van der Waals surface area contributed by atoms with Gasteiger partial charge in [-0.25, -0.2) is 0 Å². The second-order valence-electron chi connectivity index (χ2n) is 6.93. The van der Waals surface area contributed by atoms with E-state index in [1.54, 1.807) is 6.92 Å². The zero-order valence-corrected chi connectivity index (χ0v) is 15.0. The molecular formula is C18H23F6NO2. The van der Waals surface area contributed by atoms with E-state index in [0.29, 0.717) is 18.9 Å². The minimum absolute atomic E-state index is 0.132. The zero-order valence-electron chi connectivity index (χ0n) is 15.0. The number of carboxylic acid groups (broad SMARTS) is 1. The Hall–Kier alpha value is -1.77. The number of rotatable bonds is 8. The Kier molecular flexibility index (Phi) is 7.32. The van der Waals surface area contributed by atoms with Gasteiger partial charge in [0.1, 0.15) is 5.54 Å². The molecule has 0 spiro atoms. The molecule has 27 heavy (non-hydrogen) atoms. The normalized spacial score (nSPS) is 16.0. The molecule has 0 aliphatic rings. The average molecular weight is 399 g/mol. The Balaban J connectivity index is 2.96. The van der Waals surface area contributed by atoms with Crippen LogP contribution in [0.15, 0.2) is 18.2 Å². The van der Waals surface area contributed by atoms with Crippen LogP contribution in [0.25, 0.3) is 0 Å². The number of aliphatic carboxylic acids is 1. The highest BCUT2D eigenvalue weighted by Crippen LogP contribution is 2.42. The van der Waals surface area contributed by atoms with Gasteiger partial charge in [-0.05, 0) is 43.7 Å². The maximum absolute atomic E-state index is 13.2. The molecule has 1 aromatic carbocycles. The summed E-state index contributed by atoms with van der Waals surface area (Å²) in [5.74, 6) is -1.34. The molecule has 154 valence electrons. The van der Waals surface area contributed by atoms with Crippen molar-refractivity contribution in [2.75, 3.05) is 0 Å². The maximum Gasteiger partial charge on any atom is 0.417 e. The lowest BCUT2D eigenvalue weighted by atomic mass is 9.84. The quantitative estimate of drug-likeness (QED) is 0.586. The highest BCUT2D eigenvalue weighted by atomic mass is 19.4. The Bertz CT molecular complexity index is 652. The number of benzene rings is 1. The third kappa shape index (κ3) is 6.41. The van der Waals surface area contributed by atoms with Crippen molar-refractivity contribution in [3.05, 3.63) is 34.9 Å². The summed E-state index contributed by atoms with van der Waals surface area (Å²) < 4.78 is 78.5. The van der Waals surface area contributed by atoms with Crippen LogP contribution in [-0.4, -0.2) is 16.6 Å². The molecule has 0 amide bonds. The van der Waals surface area contributed by atoms with Gasteiger partial charge in [-0.15, -0.1) is 0 Å². The average Bonchev–Trinajstić information content (AvgIpc) is 2.51. The lowest BCUT2D eigenvalue weighted by Crippen LogP contribution is -2.46. The first-order valence-corrected chi connectivity index (χ1v) is 8.48. The van der Waals surface area contributed by atoms with Crippen LogP contribution >= 0.6 is 0 Å². The fourth-order valence-electron chi connectivity index (χ4n) is 3.10. The molecule has 1 rings (SSSR count). The summed E-state index contributed by atoms with van der Waals surface area (Å²) in [6.45, 7) is 3.15.